The molecule has 23 heavy (non-hydrogen) atoms. The number of nitrogens with zero attached hydrogens (tertiary/aromatic N) is 2. The molecule has 0 spiro atoms. The molecule has 1 amide bonds. The lowest BCUT2D eigenvalue weighted by Gasteiger charge is -2.01. The van der Waals surface area contributed by atoms with E-state index in [2.05, 4.69) is 17.5 Å². The van der Waals surface area contributed by atoms with Crippen LogP contribution in [0.15, 0.2) is 29.4 Å². The van der Waals surface area contributed by atoms with Gasteiger partial charge in [0.1, 0.15) is 0 Å². The summed E-state index contributed by atoms with van der Waals surface area (Å²) in [6.45, 7) is 2.19. The molecule has 1 aromatic rings. The van der Waals surface area contributed by atoms with Gasteiger partial charge in [-0.25, -0.2) is 5.43 Å². The number of nitro groups is 1. The van der Waals surface area contributed by atoms with Crippen LogP contribution in [0.25, 0.3) is 0 Å². The van der Waals surface area contributed by atoms with Gasteiger partial charge in [-0.3, -0.25) is 14.9 Å². The summed E-state index contributed by atoms with van der Waals surface area (Å²) in [6, 6.07) is 6.27. The lowest BCUT2D eigenvalue weighted by Crippen LogP contribution is -2.17. The van der Waals surface area contributed by atoms with Crippen LogP contribution >= 0.6 is 0 Å². The minimum Gasteiger partial charge on any atom is -0.273 e. The maximum Gasteiger partial charge on any atom is 0.278 e. The number of amides is 1. The number of carbonyl (C=O) groups is 1. The summed E-state index contributed by atoms with van der Waals surface area (Å²) in [4.78, 5) is 22.0. The van der Waals surface area contributed by atoms with Gasteiger partial charge in [0.2, 0.25) is 5.91 Å². The van der Waals surface area contributed by atoms with Gasteiger partial charge >= 0.3 is 0 Å². The van der Waals surface area contributed by atoms with Crippen LogP contribution in [0.5, 0.6) is 0 Å². The highest BCUT2D eigenvalue weighted by molar-refractivity contribution is 5.86. The summed E-state index contributed by atoms with van der Waals surface area (Å²) in [7, 11) is 0. The smallest absolute Gasteiger partial charge is 0.273 e. The average molecular weight is 319 g/mol. The third-order valence-corrected chi connectivity index (χ3v) is 3.53. The minimum absolute atomic E-state index is 0.0300. The molecular formula is C17H25N3O3. The highest BCUT2D eigenvalue weighted by atomic mass is 16.6. The molecule has 0 saturated carbocycles. The second-order valence-corrected chi connectivity index (χ2v) is 5.48. The highest BCUT2D eigenvalue weighted by Crippen LogP contribution is 2.15. The highest BCUT2D eigenvalue weighted by Gasteiger charge is 2.09. The van der Waals surface area contributed by atoms with Crippen molar-refractivity contribution in [2.24, 2.45) is 5.10 Å². The number of benzene rings is 1. The summed E-state index contributed by atoms with van der Waals surface area (Å²) in [5.74, 6) is -0.159. The van der Waals surface area contributed by atoms with Gasteiger partial charge in [0.15, 0.2) is 0 Å². The van der Waals surface area contributed by atoms with Gasteiger partial charge in [-0.05, 0) is 12.5 Å². The van der Waals surface area contributed by atoms with E-state index in [1.54, 1.807) is 18.2 Å². The topological polar surface area (TPSA) is 84.6 Å². The summed E-state index contributed by atoms with van der Waals surface area (Å²) < 4.78 is 0. The Morgan fingerprint density at radius 3 is 2.52 bits per heavy atom. The van der Waals surface area contributed by atoms with E-state index >= 15 is 0 Å². The number of hydrogen-bond acceptors (Lipinski definition) is 4. The van der Waals surface area contributed by atoms with Gasteiger partial charge in [-0.15, -0.1) is 0 Å². The van der Waals surface area contributed by atoms with Crippen molar-refractivity contribution in [1.29, 1.82) is 0 Å². The standard InChI is InChI=1S/C17H25N3O3/c1-2-3-4-5-6-7-8-13-17(21)19-18-14-15-11-9-10-12-16(15)20(22)23/h9-12,14H,2-8,13H2,1H3,(H,19,21)/b18-14+. The van der Waals surface area contributed by atoms with Crippen LogP contribution in [0.4, 0.5) is 5.69 Å². The van der Waals surface area contributed by atoms with Gasteiger partial charge in [0.25, 0.3) is 5.69 Å². The fraction of sp³-hybridized carbons (Fsp3) is 0.529. The van der Waals surface area contributed by atoms with Crippen molar-refractivity contribution in [1.82, 2.24) is 5.43 Å². The number of rotatable bonds is 11. The van der Waals surface area contributed by atoms with E-state index < -0.39 is 4.92 Å². The third-order valence-electron chi connectivity index (χ3n) is 3.53. The van der Waals surface area contributed by atoms with Crippen molar-refractivity contribution < 1.29 is 9.72 Å². The number of nitro benzene ring substituents is 1. The zero-order chi connectivity index (χ0) is 16.9. The van der Waals surface area contributed by atoms with E-state index in [9.17, 15) is 14.9 Å². The van der Waals surface area contributed by atoms with E-state index in [1.165, 1.54) is 38.0 Å². The Balaban J connectivity index is 2.24. The van der Waals surface area contributed by atoms with Crippen LogP contribution in [-0.4, -0.2) is 17.0 Å². The Morgan fingerprint density at radius 1 is 1.17 bits per heavy atom. The quantitative estimate of drug-likeness (QED) is 0.287. The van der Waals surface area contributed by atoms with Crippen LogP contribution in [0.2, 0.25) is 0 Å². The van der Waals surface area contributed by atoms with Gasteiger partial charge in [-0.1, -0.05) is 57.6 Å². The maximum atomic E-state index is 11.6. The van der Waals surface area contributed by atoms with E-state index in [4.69, 9.17) is 0 Å². The minimum atomic E-state index is -0.471. The first-order chi connectivity index (χ1) is 11.1. The molecule has 0 atom stereocenters. The zero-order valence-corrected chi connectivity index (χ0v) is 13.7. The fourth-order valence-electron chi connectivity index (χ4n) is 2.24. The first-order valence-corrected chi connectivity index (χ1v) is 8.20. The summed E-state index contributed by atoms with van der Waals surface area (Å²) in [5, 5.41) is 14.6. The number of para-hydroxylation sites is 1. The van der Waals surface area contributed by atoms with E-state index in [0.29, 0.717) is 12.0 Å². The SMILES string of the molecule is CCCCCCCCCC(=O)N/N=C/c1ccccc1[N+](=O)[O-]. The van der Waals surface area contributed by atoms with Crippen molar-refractivity contribution in [3.8, 4) is 0 Å². The number of hydrogen-bond donors (Lipinski definition) is 1. The lowest BCUT2D eigenvalue weighted by molar-refractivity contribution is -0.385. The number of carbonyl (C=O) groups excluding carboxylic acids is 1. The lowest BCUT2D eigenvalue weighted by atomic mass is 10.1. The van der Waals surface area contributed by atoms with Gasteiger partial charge in [0.05, 0.1) is 16.7 Å². The van der Waals surface area contributed by atoms with Crippen LogP contribution in [-0.2, 0) is 4.79 Å². The van der Waals surface area contributed by atoms with Crippen molar-refractivity contribution in [3.63, 3.8) is 0 Å². The molecule has 1 rings (SSSR count). The van der Waals surface area contributed by atoms with Gasteiger partial charge in [0, 0.05) is 12.5 Å². The summed E-state index contributed by atoms with van der Waals surface area (Å²) >= 11 is 0. The first-order valence-electron chi connectivity index (χ1n) is 8.20. The first kappa shape index (κ1) is 18.8. The molecule has 1 aromatic carbocycles. The number of nitrogens with one attached hydrogen (secondary N) is 1. The molecule has 6 nitrogen and oxygen atoms in total. The second kappa shape index (κ2) is 11.3. The summed E-state index contributed by atoms with van der Waals surface area (Å²) in [6.07, 6.45) is 9.80. The molecule has 0 bridgehead atoms. The van der Waals surface area contributed by atoms with Crippen molar-refractivity contribution in [2.45, 2.75) is 58.3 Å². The Hall–Kier alpha value is -2.24. The Morgan fingerprint density at radius 2 is 1.83 bits per heavy atom. The van der Waals surface area contributed by atoms with Crippen LogP contribution < -0.4 is 5.43 Å². The zero-order valence-electron chi connectivity index (χ0n) is 13.7. The average Bonchev–Trinajstić information content (AvgIpc) is 2.54. The number of hydrazone groups is 1. The van der Waals surface area contributed by atoms with Gasteiger partial charge in [-0.2, -0.15) is 5.10 Å². The monoisotopic (exact) mass is 319 g/mol. The molecular weight excluding hydrogens is 294 g/mol. The van der Waals surface area contributed by atoms with E-state index in [0.717, 1.165) is 19.3 Å². The molecule has 0 aliphatic rings. The van der Waals surface area contributed by atoms with E-state index in [-0.39, 0.29) is 11.6 Å². The van der Waals surface area contributed by atoms with Crippen LogP contribution in [0.3, 0.4) is 0 Å². The maximum absolute atomic E-state index is 11.6. The Bertz CT molecular complexity index is 530. The van der Waals surface area contributed by atoms with Crippen molar-refractivity contribution >= 4 is 17.8 Å². The van der Waals surface area contributed by atoms with Crippen LogP contribution in [0.1, 0.15) is 63.9 Å². The molecule has 126 valence electrons. The van der Waals surface area contributed by atoms with E-state index in [1.807, 2.05) is 0 Å². The molecule has 0 heterocycles. The molecule has 0 saturated heterocycles. The molecule has 0 aliphatic carbocycles. The van der Waals surface area contributed by atoms with Crippen molar-refractivity contribution in [2.75, 3.05) is 0 Å². The third kappa shape index (κ3) is 8.09. The largest absolute Gasteiger partial charge is 0.278 e. The second-order valence-electron chi connectivity index (χ2n) is 5.48. The predicted octanol–water partition coefficient (Wildman–Crippen LogP) is 4.19. The molecule has 0 fully saturated rings. The number of unbranched alkanes of at least 4 members (excludes halogenated alkanes) is 6. The predicted molar refractivity (Wildman–Crippen MR) is 91.4 cm³/mol. The summed E-state index contributed by atoms with van der Waals surface area (Å²) in [5.41, 5.74) is 2.76. The fourth-order valence-corrected chi connectivity index (χ4v) is 2.24. The molecule has 0 aliphatic heterocycles. The Labute approximate surface area is 137 Å². The molecule has 6 heteroatoms. The van der Waals surface area contributed by atoms with Crippen LogP contribution in [0, 0.1) is 10.1 Å². The van der Waals surface area contributed by atoms with Crippen molar-refractivity contribution in [3.05, 3.63) is 39.9 Å². The molecule has 0 unspecified atom stereocenters. The van der Waals surface area contributed by atoms with Gasteiger partial charge < -0.3 is 0 Å². The molecule has 1 N–H and O–H groups in total. The normalized spacial score (nSPS) is 10.8. The molecule has 0 aromatic heterocycles. The Kier molecular flexibility index (Phi) is 9.28. The molecule has 0 radical (unpaired) electrons.